The monoisotopic (exact) mass is 372 g/mol. The number of hydrogen-bond donors (Lipinski definition) is 1. The number of ether oxygens (including phenoxy) is 1. The van der Waals surface area contributed by atoms with Gasteiger partial charge in [-0.1, -0.05) is 25.0 Å². The molecule has 1 aliphatic heterocycles. The third-order valence-corrected chi connectivity index (χ3v) is 5.27. The molecule has 0 aromatic heterocycles. The first kappa shape index (κ1) is 19.1. The fourth-order valence-corrected chi connectivity index (χ4v) is 3.86. The number of benzene rings is 1. The molecule has 7 heteroatoms. The van der Waals surface area contributed by atoms with Crippen LogP contribution < -0.4 is 5.32 Å². The summed E-state index contributed by atoms with van der Waals surface area (Å²) in [6, 6.07) is 6.00. The number of non-ortho nitro benzene ring substituents is 1. The maximum Gasteiger partial charge on any atom is 0.336 e. The van der Waals surface area contributed by atoms with Gasteiger partial charge in [0.05, 0.1) is 10.5 Å². The Balaban J connectivity index is 1.84. The summed E-state index contributed by atoms with van der Waals surface area (Å²) in [6.45, 7) is 1.69. The van der Waals surface area contributed by atoms with Crippen LogP contribution in [0.4, 0.5) is 5.69 Å². The van der Waals surface area contributed by atoms with Crippen LogP contribution in [0.2, 0.25) is 0 Å². The van der Waals surface area contributed by atoms with Crippen molar-refractivity contribution in [1.29, 1.82) is 0 Å². The standard InChI is InChI=1S/C20H24N2O5/c1-13-19(20(24)27-16-6-4-2-3-5-7-16)17(12-18(23)21-13)14-8-10-15(11-9-14)22(25)26/h8-11,16-17H,2-7,12H2,1H3,(H,21,23)/t17-/m0/s1. The molecule has 0 bridgehead atoms. The van der Waals surface area contributed by atoms with E-state index in [1.807, 2.05) is 0 Å². The number of nitro groups is 1. The molecular weight excluding hydrogens is 348 g/mol. The molecule has 144 valence electrons. The molecule has 2 aliphatic rings. The second-order valence-electron chi connectivity index (χ2n) is 7.21. The highest BCUT2D eigenvalue weighted by Gasteiger charge is 2.34. The van der Waals surface area contributed by atoms with Crippen LogP contribution in [-0.4, -0.2) is 22.9 Å². The van der Waals surface area contributed by atoms with Crippen LogP contribution >= 0.6 is 0 Å². The van der Waals surface area contributed by atoms with Gasteiger partial charge >= 0.3 is 5.97 Å². The van der Waals surface area contributed by atoms with Crippen LogP contribution in [0.25, 0.3) is 0 Å². The molecular formula is C20H24N2O5. The molecule has 1 heterocycles. The Kier molecular flexibility index (Phi) is 5.88. The van der Waals surface area contributed by atoms with E-state index in [2.05, 4.69) is 5.32 Å². The third kappa shape index (κ3) is 4.53. The molecule has 1 aromatic rings. The van der Waals surface area contributed by atoms with E-state index in [1.54, 1.807) is 19.1 Å². The molecule has 1 N–H and O–H groups in total. The average molecular weight is 372 g/mol. The Morgan fingerprint density at radius 2 is 1.78 bits per heavy atom. The summed E-state index contributed by atoms with van der Waals surface area (Å²) in [7, 11) is 0. The smallest absolute Gasteiger partial charge is 0.336 e. The Morgan fingerprint density at radius 3 is 2.37 bits per heavy atom. The number of allylic oxidation sites excluding steroid dienone is 1. The normalized spacial score (nSPS) is 21.4. The van der Waals surface area contributed by atoms with Gasteiger partial charge in [0.1, 0.15) is 6.10 Å². The summed E-state index contributed by atoms with van der Waals surface area (Å²) in [5.74, 6) is -1.04. The van der Waals surface area contributed by atoms with Gasteiger partial charge in [0, 0.05) is 30.2 Å². The zero-order valence-corrected chi connectivity index (χ0v) is 15.4. The number of amides is 1. The number of nitrogens with one attached hydrogen (secondary N) is 1. The summed E-state index contributed by atoms with van der Waals surface area (Å²) >= 11 is 0. The van der Waals surface area contributed by atoms with Gasteiger partial charge in [-0.25, -0.2) is 4.79 Å². The van der Waals surface area contributed by atoms with E-state index >= 15 is 0 Å². The number of hydrogen-bond acceptors (Lipinski definition) is 5. The zero-order chi connectivity index (χ0) is 19.4. The second kappa shape index (κ2) is 8.33. The van der Waals surface area contributed by atoms with E-state index in [4.69, 9.17) is 4.74 Å². The molecule has 7 nitrogen and oxygen atoms in total. The molecule has 27 heavy (non-hydrogen) atoms. The summed E-state index contributed by atoms with van der Waals surface area (Å²) in [6.07, 6.45) is 6.20. The first-order chi connectivity index (χ1) is 13.0. The lowest BCUT2D eigenvalue weighted by Gasteiger charge is -2.28. The third-order valence-electron chi connectivity index (χ3n) is 5.27. The van der Waals surface area contributed by atoms with Crippen molar-refractivity contribution in [2.75, 3.05) is 0 Å². The maximum absolute atomic E-state index is 12.9. The van der Waals surface area contributed by atoms with Gasteiger partial charge < -0.3 is 10.1 Å². The van der Waals surface area contributed by atoms with Crippen molar-refractivity contribution in [2.45, 2.75) is 63.9 Å². The number of nitro benzene ring substituents is 1. The summed E-state index contributed by atoms with van der Waals surface area (Å²) in [5, 5.41) is 13.6. The quantitative estimate of drug-likeness (QED) is 0.376. The molecule has 0 radical (unpaired) electrons. The molecule has 1 aliphatic carbocycles. The van der Waals surface area contributed by atoms with E-state index in [-0.39, 0.29) is 24.1 Å². The minimum atomic E-state index is -0.473. The first-order valence-corrected chi connectivity index (χ1v) is 9.41. The molecule has 1 fully saturated rings. The van der Waals surface area contributed by atoms with Crippen molar-refractivity contribution < 1.29 is 19.2 Å². The highest BCUT2D eigenvalue weighted by molar-refractivity contribution is 5.95. The van der Waals surface area contributed by atoms with Gasteiger partial charge in [0.15, 0.2) is 0 Å². The topological polar surface area (TPSA) is 98.5 Å². The van der Waals surface area contributed by atoms with Gasteiger partial charge in [-0.3, -0.25) is 14.9 Å². The van der Waals surface area contributed by atoms with Gasteiger partial charge in [0.2, 0.25) is 5.91 Å². The highest BCUT2D eigenvalue weighted by Crippen LogP contribution is 2.35. The number of nitrogens with zero attached hydrogens (tertiary/aromatic N) is 1. The number of carbonyl (C=O) groups is 2. The lowest BCUT2D eigenvalue weighted by Crippen LogP contribution is -2.35. The SMILES string of the molecule is CC1=C(C(=O)OC2CCCCCC2)[C@H](c2ccc([N+](=O)[O-])cc2)CC(=O)N1. The molecule has 0 saturated heterocycles. The minimum Gasteiger partial charge on any atom is -0.459 e. The second-order valence-corrected chi connectivity index (χ2v) is 7.21. The van der Waals surface area contributed by atoms with Crippen molar-refractivity contribution in [3.63, 3.8) is 0 Å². The van der Waals surface area contributed by atoms with Gasteiger partial charge in [0.25, 0.3) is 5.69 Å². The Bertz CT molecular complexity index is 761. The predicted octanol–water partition coefficient (Wildman–Crippen LogP) is 3.74. The van der Waals surface area contributed by atoms with E-state index in [9.17, 15) is 19.7 Å². The van der Waals surface area contributed by atoms with Gasteiger partial charge in [-0.05, 0) is 38.2 Å². The number of rotatable bonds is 4. The van der Waals surface area contributed by atoms with Crippen molar-refractivity contribution in [3.8, 4) is 0 Å². The molecule has 3 rings (SSSR count). The van der Waals surface area contributed by atoms with Crippen LogP contribution in [0.3, 0.4) is 0 Å². The van der Waals surface area contributed by atoms with Crippen molar-refractivity contribution in [2.24, 2.45) is 0 Å². The van der Waals surface area contributed by atoms with E-state index < -0.39 is 16.8 Å². The van der Waals surface area contributed by atoms with Crippen LogP contribution in [0, 0.1) is 10.1 Å². The summed E-state index contributed by atoms with van der Waals surface area (Å²) < 4.78 is 5.77. The van der Waals surface area contributed by atoms with Crippen molar-refractivity contribution in [3.05, 3.63) is 51.2 Å². The summed E-state index contributed by atoms with van der Waals surface area (Å²) in [5.41, 5.74) is 1.60. The first-order valence-electron chi connectivity index (χ1n) is 9.41. The van der Waals surface area contributed by atoms with Gasteiger partial charge in [-0.15, -0.1) is 0 Å². The Morgan fingerprint density at radius 1 is 1.15 bits per heavy atom. The fourth-order valence-electron chi connectivity index (χ4n) is 3.86. The van der Waals surface area contributed by atoms with Gasteiger partial charge in [-0.2, -0.15) is 0 Å². The van der Waals surface area contributed by atoms with E-state index in [0.717, 1.165) is 38.5 Å². The fraction of sp³-hybridized carbons (Fsp3) is 0.500. The maximum atomic E-state index is 12.9. The van der Waals surface area contributed by atoms with Crippen LogP contribution in [0.1, 0.15) is 63.4 Å². The van der Waals surface area contributed by atoms with E-state index in [0.29, 0.717) is 16.8 Å². The number of carbonyl (C=O) groups excluding carboxylic acids is 2. The highest BCUT2D eigenvalue weighted by atomic mass is 16.6. The predicted molar refractivity (Wildman–Crippen MR) is 98.9 cm³/mol. The van der Waals surface area contributed by atoms with E-state index in [1.165, 1.54) is 12.1 Å². The largest absolute Gasteiger partial charge is 0.459 e. The molecule has 1 saturated carbocycles. The molecule has 1 aromatic carbocycles. The van der Waals surface area contributed by atoms with Crippen molar-refractivity contribution >= 4 is 17.6 Å². The minimum absolute atomic E-state index is 0.0257. The van der Waals surface area contributed by atoms with Crippen molar-refractivity contribution in [1.82, 2.24) is 5.32 Å². The lowest BCUT2D eigenvalue weighted by molar-refractivity contribution is -0.384. The van der Waals surface area contributed by atoms with Crippen LogP contribution in [-0.2, 0) is 14.3 Å². The molecule has 1 amide bonds. The molecule has 1 atom stereocenters. The average Bonchev–Trinajstić information content (AvgIpc) is 2.89. The molecule has 0 unspecified atom stereocenters. The number of esters is 1. The Labute approximate surface area is 157 Å². The molecule has 0 spiro atoms. The van der Waals surface area contributed by atoms with Crippen LogP contribution in [0.5, 0.6) is 0 Å². The Hall–Kier alpha value is -2.70. The zero-order valence-electron chi connectivity index (χ0n) is 15.4. The summed E-state index contributed by atoms with van der Waals surface area (Å²) in [4.78, 5) is 35.3. The lowest BCUT2D eigenvalue weighted by atomic mass is 9.84. The van der Waals surface area contributed by atoms with Crippen LogP contribution in [0.15, 0.2) is 35.5 Å².